The van der Waals surface area contributed by atoms with Gasteiger partial charge in [-0.3, -0.25) is 10.2 Å². The summed E-state index contributed by atoms with van der Waals surface area (Å²) in [6, 6.07) is 40.1. The van der Waals surface area contributed by atoms with Crippen LogP contribution in [-0.2, 0) is 22.5 Å². The molecule has 6 rings (SSSR count). The van der Waals surface area contributed by atoms with Gasteiger partial charge in [-0.05, 0) is 71.3 Å². The van der Waals surface area contributed by atoms with Crippen LogP contribution in [0, 0.1) is 0 Å². The predicted octanol–water partition coefficient (Wildman–Crippen LogP) is 8.62. The number of hydrazine groups is 1. The molecule has 0 fully saturated rings. The number of azide groups is 1. The number of ether oxygens (including phenoxy) is 2. The molecule has 0 aliphatic carbocycles. The summed E-state index contributed by atoms with van der Waals surface area (Å²) < 4.78 is 13.3. The molecule has 2 atom stereocenters. The fourth-order valence-corrected chi connectivity index (χ4v) is 6.94. The molecule has 5 aromatic rings. The Bertz CT molecular complexity index is 2020. The quantitative estimate of drug-likeness (QED) is 0.0321. The van der Waals surface area contributed by atoms with E-state index in [1.165, 1.54) is 0 Å². The summed E-state index contributed by atoms with van der Waals surface area (Å²) >= 11 is 5.16. The van der Waals surface area contributed by atoms with Crippen LogP contribution in [0.5, 0.6) is 5.75 Å². The number of aliphatic hydroxyl groups is 1. The van der Waals surface area contributed by atoms with E-state index in [1.807, 2.05) is 78.9 Å². The zero-order chi connectivity index (χ0) is 35.5. The molecule has 0 unspecified atom stereocenters. The summed E-state index contributed by atoms with van der Waals surface area (Å²) in [4.78, 5) is 25.0. The number of carbonyl (C=O) groups is 1. The first kappa shape index (κ1) is 35.7. The maximum atomic E-state index is 14.7. The van der Waals surface area contributed by atoms with E-state index in [-0.39, 0.29) is 18.9 Å². The minimum atomic E-state index is -1.52. The van der Waals surface area contributed by atoms with Crippen LogP contribution in [0.3, 0.4) is 0 Å². The topological polar surface area (TPSA) is 141 Å². The molecule has 10 nitrogen and oxygen atoms in total. The molecule has 0 spiro atoms. The molecule has 1 heterocycles. The van der Waals surface area contributed by atoms with Crippen LogP contribution >= 0.6 is 27.7 Å². The van der Waals surface area contributed by atoms with Gasteiger partial charge in [0.05, 0.1) is 6.61 Å². The monoisotopic (exact) mass is 762 g/mol. The molecular weight excluding hydrogens is 728 g/mol. The van der Waals surface area contributed by atoms with Gasteiger partial charge in [0.25, 0.3) is 5.91 Å². The highest BCUT2D eigenvalue weighted by molar-refractivity contribution is 9.10. The number of carbonyl (C=O) groups excluding carboxylic acids is 1. The van der Waals surface area contributed by atoms with E-state index in [2.05, 4.69) is 55.0 Å². The van der Waals surface area contributed by atoms with Crippen molar-refractivity contribution in [1.82, 2.24) is 10.9 Å². The Labute approximate surface area is 308 Å². The number of amides is 1. The number of hydrogen-bond donors (Lipinski definition) is 3. The molecule has 51 heavy (non-hydrogen) atoms. The Morgan fingerprint density at radius 3 is 2.45 bits per heavy atom. The number of halogens is 1. The van der Waals surface area contributed by atoms with Gasteiger partial charge < -0.3 is 14.6 Å². The summed E-state index contributed by atoms with van der Waals surface area (Å²) in [5.41, 5.74) is 17.4. The highest BCUT2D eigenvalue weighted by Gasteiger charge is 2.54. The number of hydrogen-bond acceptors (Lipinski definition) is 8. The Kier molecular flexibility index (Phi) is 12.1. The van der Waals surface area contributed by atoms with Gasteiger partial charge >= 0.3 is 0 Å². The molecule has 5 aromatic carbocycles. The first-order valence-electron chi connectivity index (χ1n) is 16.3. The van der Waals surface area contributed by atoms with Crippen LogP contribution in [0.25, 0.3) is 10.4 Å². The van der Waals surface area contributed by atoms with E-state index >= 15 is 0 Å². The number of nitrogens with one attached hydrogen (secondary N) is 2. The third-order valence-electron chi connectivity index (χ3n) is 8.21. The largest absolute Gasteiger partial charge is 0.494 e. The van der Waals surface area contributed by atoms with E-state index in [9.17, 15) is 10.3 Å². The maximum absolute atomic E-state index is 14.7. The van der Waals surface area contributed by atoms with Crippen LogP contribution in [0.15, 0.2) is 152 Å². The number of aliphatic imine (C=N–C) groups is 1. The molecule has 0 saturated carbocycles. The maximum Gasteiger partial charge on any atom is 0.266 e. The minimum Gasteiger partial charge on any atom is -0.494 e. The Balaban J connectivity index is 1.36. The molecule has 0 saturated heterocycles. The molecule has 1 aliphatic heterocycles. The fourth-order valence-electron chi connectivity index (χ4n) is 5.71. The van der Waals surface area contributed by atoms with Crippen LogP contribution in [0.1, 0.15) is 34.8 Å². The third-order valence-corrected chi connectivity index (χ3v) is 9.87. The lowest BCUT2D eigenvalue weighted by Crippen LogP contribution is -2.53. The molecule has 1 aliphatic rings. The van der Waals surface area contributed by atoms with Crippen molar-refractivity contribution in [2.75, 3.05) is 13.2 Å². The highest BCUT2D eigenvalue weighted by Crippen LogP contribution is 2.45. The fraction of sp³-hybridized carbons (Fsp3) is 0.179. The van der Waals surface area contributed by atoms with E-state index in [0.29, 0.717) is 42.1 Å². The molecule has 258 valence electrons. The van der Waals surface area contributed by atoms with Crippen molar-refractivity contribution in [2.24, 2.45) is 10.1 Å². The molecule has 3 N–H and O–H groups in total. The highest BCUT2D eigenvalue weighted by atomic mass is 79.9. The summed E-state index contributed by atoms with van der Waals surface area (Å²) in [5, 5.41) is 13.1. The second-order valence-corrected chi connectivity index (χ2v) is 13.7. The van der Waals surface area contributed by atoms with Crippen molar-refractivity contribution in [1.29, 1.82) is 0 Å². The summed E-state index contributed by atoms with van der Waals surface area (Å²) in [5.74, 6) is 0.470. The summed E-state index contributed by atoms with van der Waals surface area (Å²) in [6.45, 7) is 0.772. The van der Waals surface area contributed by atoms with E-state index in [4.69, 9.17) is 19.6 Å². The average Bonchev–Trinajstić information content (AvgIpc) is 3.54. The van der Waals surface area contributed by atoms with Crippen molar-refractivity contribution in [3.8, 4) is 5.75 Å². The minimum absolute atomic E-state index is 0.0397. The van der Waals surface area contributed by atoms with Crippen LogP contribution in [0.2, 0.25) is 0 Å². The van der Waals surface area contributed by atoms with Crippen molar-refractivity contribution in [3.05, 3.63) is 165 Å². The number of nitrogens with zero attached hydrogens (tertiary/aromatic N) is 4. The van der Waals surface area contributed by atoms with Crippen LogP contribution in [-0.4, -0.2) is 35.7 Å². The van der Waals surface area contributed by atoms with Crippen LogP contribution in [0.4, 0.5) is 5.69 Å². The van der Waals surface area contributed by atoms with Gasteiger partial charge in [-0.1, -0.05) is 106 Å². The lowest BCUT2D eigenvalue weighted by atomic mass is 9.81. The summed E-state index contributed by atoms with van der Waals surface area (Å²) in [7, 11) is 0. The van der Waals surface area contributed by atoms with Gasteiger partial charge in [-0.15, -0.1) is 0 Å². The molecule has 1 amide bonds. The van der Waals surface area contributed by atoms with Gasteiger partial charge in [0, 0.05) is 62.0 Å². The van der Waals surface area contributed by atoms with E-state index in [0.717, 1.165) is 25.4 Å². The zero-order valence-corrected chi connectivity index (χ0v) is 29.9. The smallest absolute Gasteiger partial charge is 0.266 e. The van der Waals surface area contributed by atoms with Gasteiger partial charge in [-0.2, -0.15) is 0 Å². The van der Waals surface area contributed by atoms with Crippen LogP contribution < -0.4 is 15.6 Å². The second-order valence-electron chi connectivity index (χ2n) is 11.7. The zero-order valence-electron chi connectivity index (χ0n) is 27.5. The van der Waals surface area contributed by atoms with Crippen molar-refractivity contribution in [3.63, 3.8) is 0 Å². The summed E-state index contributed by atoms with van der Waals surface area (Å²) in [6.07, 6.45) is -0.265. The van der Waals surface area contributed by atoms with E-state index < -0.39 is 17.6 Å². The number of aliphatic hydroxyl groups excluding tert-OH is 1. The van der Waals surface area contributed by atoms with Crippen molar-refractivity contribution in [2.45, 2.75) is 40.8 Å². The number of rotatable bonds is 15. The molecule has 0 aromatic heterocycles. The SMILES string of the molecule is [N-]=[N+]=Nc1ccccc1[C@@H]1OC(c2ccc(OCCCO)cc2)=N[C@]1(Cc1ccc(Br)cc1)C(=O)NNCc1ccccc1Sc1ccccc1. The molecular formula is C39H35BrN6O4S. The first-order chi connectivity index (χ1) is 25.0. The number of benzene rings is 5. The van der Waals surface area contributed by atoms with Gasteiger partial charge in [-0.25, -0.2) is 10.4 Å². The molecule has 0 radical (unpaired) electrons. The first-order valence-corrected chi connectivity index (χ1v) is 17.9. The lowest BCUT2D eigenvalue weighted by Gasteiger charge is -2.31. The molecule has 0 bridgehead atoms. The van der Waals surface area contributed by atoms with Gasteiger partial charge in [0.15, 0.2) is 11.6 Å². The Morgan fingerprint density at radius 1 is 0.961 bits per heavy atom. The van der Waals surface area contributed by atoms with E-state index in [1.54, 1.807) is 42.1 Å². The predicted molar refractivity (Wildman–Crippen MR) is 202 cm³/mol. The van der Waals surface area contributed by atoms with Gasteiger partial charge in [0.1, 0.15) is 5.75 Å². The Hall–Kier alpha value is -5.10. The average molecular weight is 764 g/mol. The Morgan fingerprint density at radius 2 is 1.69 bits per heavy atom. The standard InChI is InChI=1S/C39H35BrN6O4S/c40-30-19-15-27(16-20-30)25-39(38(48)45-42-26-29-9-4-7-14-35(29)51-32-10-2-1-3-11-32)36(33-12-5-6-13-34(33)44-46-41)50-37(43-39)28-17-21-31(22-18-28)49-24-8-23-47/h1-7,9-22,36,42,47H,8,23-26H2,(H,45,48)/t36-,39-/m0/s1. The lowest BCUT2D eigenvalue weighted by molar-refractivity contribution is -0.130. The van der Waals surface area contributed by atoms with Crippen molar-refractivity contribution < 1.29 is 19.4 Å². The van der Waals surface area contributed by atoms with Gasteiger partial charge in [0.2, 0.25) is 5.90 Å². The molecule has 12 heteroatoms. The van der Waals surface area contributed by atoms with Crippen molar-refractivity contribution >= 4 is 45.2 Å². The third kappa shape index (κ3) is 8.80. The normalized spacial score (nSPS) is 16.4. The second kappa shape index (κ2) is 17.2.